The third kappa shape index (κ3) is 6.08. The molecule has 1 aliphatic rings. The first-order chi connectivity index (χ1) is 9.52. The molecule has 0 aromatic carbocycles. The predicted octanol–water partition coefficient (Wildman–Crippen LogP) is 0.556. The molecule has 1 heterocycles. The van der Waals surface area contributed by atoms with Crippen molar-refractivity contribution in [2.75, 3.05) is 50.8 Å². The molecule has 20 heavy (non-hydrogen) atoms. The summed E-state index contributed by atoms with van der Waals surface area (Å²) in [5, 5.41) is 0. The van der Waals surface area contributed by atoms with Gasteiger partial charge in [0.25, 0.3) is 0 Å². The van der Waals surface area contributed by atoms with Crippen molar-refractivity contribution < 1.29 is 8.42 Å². The topological polar surface area (TPSA) is 66.6 Å². The maximum atomic E-state index is 11.6. The van der Waals surface area contributed by atoms with Gasteiger partial charge in [-0.2, -0.15) is 0 Å². The van der Waals surface area contributed by atoms with Crippen LogP contribution in [0.1, 0.15) is 33.1 Å². The summed E-state index contributed by atoms with van der Waals surface area (Å²) in [4.78, 5) is 4.82. The highest BCUT2D eigenvalue weighted by atomic mass is 32.2. The maximum absolute atomic E-state index is 11.6. The van der Waals surface area contributed by atoms with Gasteiger partial charge in [0.1, 0.15) is 0 Å². The molecule has 0 amide bonds. The standard InChI is InChI=1S/C14H31N3O2S/c1-3-14(6-7-15)17-9-5-8-16(10-11-17)12-13-20(18,19)4-2/h14H,3-13,15H2,1-2H3. The largest absolute Gasteiger partial charge is 0.330 e. The zero-order valence-corrected chi connectivity index (χ0v) is 13.9. The Balaban J connectivity index is 2.42. The van der Waals surface area contributed by atoms with E-state index < -0.39 is 9.84 Å². The lowest BCUT2D eigenvalue weighted by atomic mass is 10.1. The second-order valence-corrected chi connectivity index (χ2v) is 8.08. The van der Waals surface area contributed by atoms with Gasteiger partial charge in [-0.25, -0.2) is 8.42 Å². The van der Waals surface area contributed by atoms with E-state index in [2.05, 4.69) is 16.7 Å². The van der Waals surface area contributed by atoms with Crippen LogP contribution < -0.4 is 5.73 Å². The minimum absolute atomic E-state index is 0.251. The second-order valence-electron chi connectivity index (χ2n) is 5.61. The highest BCUT2D eigenvalue weighted by molar-refractivity contribution is 7.91. The van der Waals surface area contributed by atoms with E-state index in [0.29, 0.717) is 18.3 Å². The van der Waals surface area contributed by atoms with Gasteiger partial charge in [-0.3, -0.25) is 4.90 Å². The van der Waals surface area contributed by atoms with Crippen molar-refractivity contribution in [1.29, 1.82) is 0 Å². The molecule has 1 saturated heterocycles. The molecule has 6 heteroatoms. The molecule has 1 rings (SSSR count). The zero-order valence-electron chi connectivity index (χ0n) is 13.1. The van der Waals surface area contributed by atoms with Crippen LogP contribution in [0.3, 0.4) is 0 Å². The predicted molar refractivity (Wildman–Crippen MR) is 84.7 cm³/mol. The first-order valence-electron chi connectivity index (χ1n) is 7.89. The van der Waals surface area contributed by atoms with Crippen molar-refractivity contribution in [2.45, 2.75) is 39.2 Å². The van der Waals surface area contributed by atoms with Crippen LogP contribution in [0.25, 0.3) is 0 Å². The van der Waals surface area contributed by atoms with Gasteiger partial charge in [0.05, 0.1) is 5.75 Å². The second kappa shape index (κ2) is 8.97. The minimum atomic E-state index is -2.85. The van der Waals surface area contributed by atoms with E-state index >= 15 is 0 Å². The first-order valence-corrected chi connectivity index (χ1v) is 9.71. The summed E-state index contributed by atoms with van der Waals surface area (Å²) >= 11 is 0. The van der Waals surface area contributed by atoms with Crippen molar-refractivity contribution in [3.63, 3.8) is 0 Å². The van der Waals surface area contributed by atoms with Crippen LogP contribution in [-0.2, 0) is 9.84 Å². The van der Waals surface area contributed by atoms with E-state index in [1.165, 1.54) is 0 Å². The molecule has 2 N–H and O–H groups in total. The lowest BCUT2D eigenvalue weighted by Gasteiger charge is -2.29. The molecule has 1 atom stereocenters. The van der Waals surface area contributed by atoms with E-state index in [0.717, 1.165) is 52.0 Å². The van der Waals surface area contributed by atoms with E-state index in [1.807, 2.05) is 0 Å². The fraction of sp³-hybridized carbons (Fsp3) is 1.00. The van der Waals surface area contributed by atoms with E-state index in [4.69, 9.17) is 5.73 Å². The summed E-state index contributed by atoms with van der Waals surface area (Å²) < 4.78 is 23.2. The molecular formula is C14H31N3O2S. The Kier molecular flexibility index (Phi) is 8.02. The molecule has 0 saturated carbocycles. The van der Waals surface area contributed by atoms with Crippen LogP contribution >= 0.6 is 0 Å². The summed E-state index contributed by atoms with van der Waals surface area (Å²) in [6, 6.07) is 0.583. The number of hydrogen-bond donors (Lipinski definition) is 1. The molecule has 0 spiro atoms. The van der Waals surface area contributed by atoms with Crippen LogP contribution in [-0.4, -0.2) is 75.0 Å². The van der Waals surface area contributed by atoms with E-state index in [1.54, 1.807) is 6.92 Å². The van der Waals surface area contributed by atoms with Crippen molar-refractivity contribution in [2.24, 2.45) is 5.73 Å². The smallest absolute Gasteiger partial charge is 0.151 e. The third-order valence-electron chi connectivity index (χ3n) is 4.27. The Morgan fingerprint density at radius 1 is 1.15 bits per heavy atom. The van der Waals surface area contributed by atoms with Gasteiger partial charge < -0.3 is 10.6 Å². The molecule has 0 aromatic heterocycles. The van der Waals surface area contributed by atoms with Gasteiger partial charge >= 0.3 is 0 Å². The number of nitrogens with two attached hydrogens (primary N) is 1. The fourth-order valence-electron chi connectivity index (χ4n) is 2.83. The number of hydrogen-bond acceptors (Lipinski definition) is 5. The van der Waals surface area contributed by atoms with Gasteiger partial charge in [0.15, 0.2) is 9.84 Å². The normalized spacial score (nSPS) is 20.8. The molecule has 0 bridgehead atoms. The van der Waals surface area contributed by atoms with Gasteiger partial charge in [-0.1, -0.05) is 13.8 Å². The molecule has 0 aromatic rings. The molecule has 1 unspecified atom stereocenters. The van der Waals surface area contributed by atoms with Crippen LogP contribution in [0.5, 0.6) is 0 Å². The summed E-state index contributed by atoms with van der Waals surface area (Å²) in [6.07, 6.45) is 3.31. The Hall–Kier alpha value is -0.170. The SMILES string of the molecule is CCC(CCN)N1CCCN(CCS(=O)(=O)CC)CC1. The molecule has 1 aliphatic heterocycles. The Bertz CT molecular complexity index is 359. The van der Waals surface area contributed by atoms with Crippen LogP contribution in [0.15, 0.2) is 0 Å². The van der Waals surface area contributed by atoms with E-state index in [-0.39, 0.29) is 5.75 Å². The van der Waals surface area contributed by atoms with Gasteiger partial charge in [0.2, 0.25) is 0 Å². The number of sulfone groups is 1. The fourth-order valence-corrected chi connectivity index (χ4v) is 3.65. The van der Waals surface area contributed by atoms with Crippen molar-refractivity contribution >= 4 is 9.84 Å². The molecular weight excluding hydrogens is 274 g/mol. The Labute approximate surface area is 124 Å². The van der Waals surface area contributed by atoms with Crippen LogP contribution in [0.4, 0.5) is 0 Å². The lowest BCUT2D eigenvalue weighted by Crippen LogP contribution is -2.39. The lowest BCUT2D eigenvalue weighted by molar-refractivity contribution is 0.187. The molecule has 0 aliphatic carbocycles. The van der Waals surface area contributed by atoms with Gasteiger partial charge in [-0.15, -0.1) is 0 Å². The van der Waals surface area contributed by atoms with Crippen LogP contribution in [0.2, 0.25) is 0 Å². The first kappa shape index (κ1) is 17.9. The third-order valence-corrected chi connectivity index (χ3v) is 5.95. The summed E-state index contributed by atoms with van der Waals surface area (Å²) in [7, 11) is -2.85. The number of nitrogens with zero attached hydrogens (tertiary/aromatic N) is 2. The highest BCUT2D eigenvalue weighted by Gasteiger charge is 2.21. The van der Waals surface area contributed by atoms with Gasteiger partial charge in [0, 0.05) is 31.4 Å². The van der Waals surface area contributed by atoms with Crippen molar-refractivity contribution in [1.82, 2.24) is 9.80 Å². The summed E-state index contributed by atoms with van der Waals surface area (Å²) in [6.45, 7) is 9.48. The molecule has 120 valence electrons. The Morgan fingerprint density at radius 3 is 2.50 bits per heavy atom. The monoisotopic (exact) mass is 305 g/mol. The van der Waals surface area contributed by atoms with Crippen molar-refractivity contribution in [3.8, 4) is 0 Å². The average Bonchev–Trinajstić information content (AvgIpc) is 2.68. The highest BCUT2D eigenvalue weighted by Crippen LogP contribution is 2.12. The molecule has 5 nitrogen and oxygen atoms in total. The van der Waals surface area contributed by atoms with Crippen molar-refractivity contribution in [3.05, 3.63) is 0 Å². The minimum Gasteiger partial charge on any atom is -0.330 e. The molecule has 0 radical (unpaired) electrons. The van der Waals surface area contributed by atoms with Gasteiger partial charge in [-0.05, 0) is 38.9 Å². The zero-order chi connectivity index (χ0) is 15.0. The number of rotatable bonds is 8. The quantitative estimate of drug-likeness (QED) is 0.709. The van der Waals surface area contributed by atoms with E-state index in [9.17, 15) is 8.42 Å². The Morgan fingerprint density at radius 2 is 1.90 bits per heavy atom. The molecule has 1 fully saturated rings. The summed E-state index contributed by atoms with van der Waals surface area (Å²) in [5.74, 6) is 0.547. The van der Waals surface area contributed by atoms with Crippen LogP contribution in [0, 0.1) is 0 Å². The summed E-state index contributed by atoms with van der Waals surface area (Å²) in [5.41, 5.74) is 5.69. The average molecular weight is 305 g/mol. The maximum Gasteiger partial charge on any atom is 0.151 e.